The molecule has 0 heterocycles. The van der Waals surface area contributed by atoms with Crippen LogP contribution in [-0.2, 0) is 17.6 Å². The highest BCUT2D eigenvalue weighted by atomic mass is 19.1. The van der Waals surface area contributed by atoms with Crippen LogP contribution in [0.5, 0.6) is 0 Å². The van der Waals surface area contributed by atoms with Crippen molar-refractivity contribution in [2.45, 2.75) is 31.7 Å². The standard InChI is InChI=1S/C19H21F2NO2/c20-16-9-10-18(21)15(12-16)7-4-8-19(24)22-17(13-23)11-14-5-2-1-3-6-14/h1-3,5-6,9-10,12,17,23H,4,7-8,11,13H2,(H,22,24). The van der Waals surface area contributed by atoms with Crippen LogP contribution in [-0.4, -0.2) is 23.7 Å². The van der Waals surface area contributed by atoms with Crippen LogP contribution in [0.25, 0.3) is 0 Å². The molecule has 2 rings (SSSR count). The van der Waals surface area contributed by atoms with E-state index in [4.69, 9.17) is 0 Å². The van der Waals surface area contributed by atoms with Gasteiger partial charge in [0.05, 0.1) is 12.6 Å². The van der Waals surface area contributed by atoms with Gasteiger partial charge in [0.25, 0.3) is 0 Å². The van der Waals surface area contributed by atoms with E-state index in [2.05, 4.69) is 5.32 Å². The summed E-state index contributed by atoms with van der Waals surface area (Å²) in [5.41, 5.74) is 1.30. The third-order valence-corrected chi connectivity index (χ3v) is 3.77. The molecule has 24 heavy (non-hydrogen) atoms. The highest BCUT2D eigenvalue weighted by molar-refractivity contribution is 5.76. The smallest absolute Gasteiger partial charge is 0.220 e. The average molecular weight is 333 g/mol. The van der Waals surface area contributed by atoms with E-state index in [-0.39, 0.29) is 30.5 Å². The highest BCUT2D eigenvalue weighted by Gasteiger charge is 2.12. The minimum absolute atomic E-state index is 0.154. The summed E-state index contributed by atoms with van der Waals surface area (Å²) < 4.78 is 26.6. The molecular weight excluding hydrogens is 312 g/mol. The summed E-state index contributed by atoms with van der Waals surface area (Å²) in [6, 6.07) is 12.5. The summed E-state index contributed by atoms with van der Waals surface area (Å²) in [7, 11) is 0. The summed E-state index contributed by atoms with van der Waals surface area (Å²) in [5.74, 6) is -1.16. The van der Waals surface area contributed by atoms with Gasteiger partial charge in [-0.3, -0.25) is 4.79 Å². The maximum Gasteiger partial charge on any atom is 0.220 e. The Balaban J connectivity index is 1.78. The molecule has 5 heteroatoms. The number of aryl methyl sites for hydroxylation is 1. The lowest BCUT2D eigenvalue weighted by Crippen LogP contribution is -2.39. The zero-order valence-corrected chi connectivity index (χ0v) is 13.3. The van der Waals surface area contributed by atoms with E-state index in [0.29, 0.717) is 19.3 Å². The van der Waals surface area contributed by atoms with Crippen LogP contribution in [0.4, 0.5) is 8.78 Å². The normalized spacial score (nSPS) is 12.0. The minimum atomic E-state index is -0.487. The number of aliphatic hydroxyl groups excluding tert-OH is 1. The summed E-state index contributed by atoms with van der Waals surface area (Å²) in [6.45, 7) is -0.154. The number of amides is 1. The van der Waals surface area contributed by atoms with Crippen molar-refractivity contribution < 1.29 is 18.7 Å². The molecule has 0 aliphatic carbocycles. The van der Waals surface area contributed by atoms with Gasteiger partial charge in [-0.2, -0.15) is 0 Å². The van der Waals surface area contributed by atoms with Crippen LogP contribution in [0.1, 0.15) is 24.0 Å². The second-order valence-corrected chi connectivity index (χ2v) is 5.73. The van der Waals surface area contributed by atoms with Crippen LogP contribution in [0, 0.1) is 11.6 Å². The predicted molar refractivity (Wildman–Crippen MR) is 88.5 cm³/mol. The molecule has 128 valence electrons. The first kappa shape index (κ1) is 18.1. The van der Waals surface area contributed by atoms with Gasteiger partial charge in [-0.05, 0) is 48.6 Å². The van der Waals surface area contributed by atoms with E-state index in [1.165, 1.54) is 0 Å². The second kappa shape index (κ2) is 9.13. The quantitative estimate of drug-likeness (QED) is 0.780. The van der Waals surface area contributed by atoms with Crippen molar-refractivity contribution in [2.75, 3.05) is 6.61 Å². The van der Waals surface area contributed by atoms with Gasteiger partial charge in [0.2, 0.25) is 5.91 Å². The van der Waals surface area contributed by atoms with Crippen LogP contribution in [0.3, 0.4) is 0 Å². The van der Waals surface area contributed by atoms with Gasteiger partial charge in [0.15, 0.2) is 0 Å². The predicted octanol–water partition coefficient (Wildman–Crippen LogP) is 3.01. The maximum atomic E-state index is 13.5. The topological polar surface area (TPSA) is 49.3 Å². The Morgan fingerprint density at radius 1 is 1.12 bits per heavy atom. The van der Waals surface area contributed by atoms with Gasteiger partial charge >= 0.3 is 0 Å². The van der Waals surface area contributed by atoms with E-state index in [1.807, 2.05) is 30.3 Å². The van der Waals surface area contributed by atoms with Crippen molar-refractivity contribution >= 4 is 5.91 Å². The molecule has 0 aromatic heterocycles. The molecule has 2 aromatic carbocycles. The van der Waals surface area contributed by atoms with E-state index in [1.54, 1.807) is 0 Å². The van der Waals surface area contributed by atoms with Gasteiger partial charge in [-0.25, -0.2) is 8.78 Å². The molecule has 0 fully saturated rings. The molecule has 0 aliphatic rings. The third-order valence-electron chi connectivity index (χ3n) is 3.77. The van der Waals surface area contributed by atoms with Crippen LogP contribution < -0.4 is 5.32 Å². The van der Waals surface area contributed by atoms with Gasteiger partial charge < -0.3 is 10.4 Å². The van der Waals surface area contributed by atoms with E-state index >= 15 is 0 Å². The molecule has 1 atom stereocenters. The number of rotatable bonds is 8. The molecule has 0 radical (unpaired) electrons. The molecule has 1 unspecified atom stereocenters. The fourth-order valence-electron chi connectivity index (χ4n) is 2.53. The number of aliphatic hydroxyl groups is 1. The molecular formula is C19H21F2NO2. The van der Waals surface area contributed by atoms with Gasteiger partial charge in [0, 0.05) is 6.42 Å². The molecule has 0 saturated heterocycles. The summed E-state index contributed by atoms with van der Waals surface area (Å²) in [6.07, 6.45) is 1.44. The molecule has 3 nitrogen and oxygen atoms in total. The Morgan fingerprint density at radius 3 is 2.58 bits per heavy atom. The summed E-state index contributed by atoms with van der Waals surface area (Å²) in [4.78, 5) is 12.0. The first-order chi connectivity index (χ1) is 11.6. The highest BCUT2D eigenvalue weighted by Crippen LogP contribution is 2.13. The van der Waals surface area contributed by atoms with Crippen LogP contribution >= 0.6 is 0 Å². The Hall–Kier alpha value is -2.27. The first-order valence-corrected chi connectivity index (χ1v) is 7.96. The zero-order valence-electron chi connectivity index (χ0n) is 13.3. The first-order valence-electron chi connectivity index (χ1n) is 7.96. The lowest BCUT2D eigenvalue weighted by molar-refractivity contribution is -0.122. The number of benzene rings is 2. The third kappa shape index (κ3) is 5.74. The number of nitrogens with one attached hydrogen (secondary N) is 1. The van der Waals surface area contributed by atoms with Crippen molar-refractivity contribution in [3.05, 3.63) is 71.3 Å². The molecule has 0 aliphatic heterocycles. The molecule has 1 amide bonds. The lowest BCUT2D eigenvalue weighted by Gasteiger charge is -2.16. The van der Waals surface area contributed by atoms with Gasteiger partial charge in [0.1, 0.15) is 11.6 Å². The number of hydrogen-bond acceptors (Lipinski definition) is 2. The monoisotopic (exact) mass is 333 g/mol. The number of hydrogen-bond donors (Lipinski definition) is 2. The van der Waals surface area contributed by atoms with Gasteiger partial charge in [-0.15, -0.1) is 0 Å². The van der Waals surface area contributed by atoms with Gasteiger partial charge in [-0.1, -0.05) is 30.3 Å². The Labute approximate surface area is 140 Å². The summed E-state index contributed by atoms with van der Waals surface area (Å²) in [5, 5.41) is 12.2. The SMILES string of the molecule is O=C(CCCc1cc(F)ccc1F)NC(CO)Cc1ccccc1. The van der Waals surface area contributed by atoms with Crippen molar-refractivity contribution in [1.82, 2.24) is 5.32 Å². The number of halogens is 2. The van der Waals surface area contributed by atoms with Crippen molar-refractivity contribution in [1.29, 1.82) is 0 Å². The van der Waals surface area contributed by atoms with Crippen molar-refractivity contribution in [3.63, 3.8) is 0 Å². The minimum Gasteiger partial charge on any atom is -0.394 e. The maximum absolute atomic E-state index is 13.5. The Morgan fingerprint density at radius 2 is 1.88 bits per heavy atom. The van der Waals surface area contributed by atoms with Crippen molar-refractivity contribution in [2.24, 2.45) is 0 Å². The summed E-state index contributed by atoms with van der Waals surface area (Å²) >= 11 is 0. The molecule has 0 spiro atoms. The Bertz CT molecular complexity index is 662. The van der Waals surface area contributed by atoms with E-state index in [9.17, 15) is 18.7 Å². The molecule has 0 saturated carbocycles. The molecule has 0 bridgehead atoms. The van der Waals surface area contributed by atoms with E-state index < -0.39 is 11.6 Å². The lowest BCUT2D eigenvalue weighted by atomic mass is 10.1. The fourth-order valence-corrected chi connectivity index (χ4v) is 2.53. The van der Waals surface area contributed by atoms with Crippen molar-refractivity contribution in [3.8, 4) is 0 Å². The number of carbonyl (C=O) groups excluding carboxylic acids is 1. The molecule has 2 aromatic rings. The van der Waals surface area contributed by atoms with Crippen LogP contribution in [0.2, 0.25) is 0 Å². The van der Waals surface area contributed by atoms with Crippen LogP contribution in [0.15, 0.2) is 48.5 Å². The Kier molecular flexibility index (Phi) is 6.88. The largest absolute Gasteiger partial charge is 0.394 e. The number of carbonyl (C=O) groups is 1. The average Bonchev–Trinajstić information content (AvgIpc) is 2.58. The second-order valence-electron chi connectivity index (χ2n) is 5.73. The fraction of sp³-hybridized carbons (Fsp3) is 0.316. The molecule has 2 N–H and O–H groups in total. The van der Waals surface area contributed by atoms with E-state index in [0.717, 1.165) is 23.8 Å². The zero-order chi connectivity index (χ0) is 17.4.